The summed E-state index contributed by atoms with van der Waals surface area (Å²) in [5.74, 6) is 0.272. The van der Waals surface area contributed by atoms with E-state index in [1.165, 1.54) is 4.68 Å². The predicted molar refractivity (Wildman–Crippen MR) is 80.1 cm³/mol. The van der Waals surface area contributed by atoms with E-state index in [1.54, 1.807) is 25.1 Å². The number of aromatic nitrogens is 3. The standard InChI is InChI=1S/C15H15F3N4O3/c1-9-13(14(23)21(2)8-15(16,17)18)19-20-22(9)10-3-4-11-12(7-10)25-6-5-24-11/h3-4,7H,5-6,8H2,1-2H3. The van der Waals surface area contributed by atoms with Crippen molar-refractivity contribution in [3.8, 4) is 17.2 Å². The monoisotopic (exact) mass is 356 g/mol. The van der Waals surface area contributed by atoms with E-state index in [9.17, 15) is 18.0 Å². The maximum atomic E-state index is 12.5. The molecular weight excluding hydrogens is 341 g/mol. The minimum atomic E-state index is -4.48. The Hall–Kier alpha value is -2.78. The maximum absolute atomic E-state index is 12.5. The fourth-order valence-corrected chi connectivity index (χ4v) is 2.46. The fraction of sp³-hybridized carbons (Fsp3) is 0.400. The Morgan fingerprint density at radius 2 is 1.96 bits per heavy atom. The van der Waals surface area contributed by atoms with Crippen LogP contribution >= 0.6 is 0 Å². The highest BCUT2D eigenvalue weighted by molar-refractivity contribution is 5.93. The molecular formula is C15H15F3N4O3. The zero-order chi connectivity index (χ0) is 18.2. The van der Waals surface area contributed by atoms with E-state index in [2.05, 4.69) is 10.3 Å². The van der Waals surface area contributed by atoms with Crippen molar-refractivity contribution in [2.45, 2.75) is 13.1 Å². The second-order valence-corrected chi connectivity index (χ2v) is 5.54. The van der Waals surface area contributed by atoms with Crippen molar-refractivity contribution in [2.24, 2.45) is 0 Å². The van der Waals surface area contributed by atoms with Crippen LogP contribution in [0.15, 0.2) is 18.2 Å². The third-order valence-corrected chi connectivity index (χ3v) is 3.63. The number of alkyl halides is 3. The van der Waals surface area contributed by atoms with Crippen LogP contribution in [0.3, 0.4) is 0 Å². The molecule has 0 N–H and O–H groups in total. The summed E-state index contributed by atoms with van der Waals surface area (Å²) in [6.45, 7) is 1.07. The number of rotatable bonds is 3. The molecule has 10 heteroatoms. The van der Waals surface area contributed by atoms with Gasteiger partial charge in [0.1, 0.15) is 19.8 Å². The first-order valence-corrected chi connectivity index (χ1v) is 7.41. The van der Waals surface area contributed by atoms with Crippen LogP contribution in [0.1, 0.15) is 16.2 Å². The van der Waals surface area contributed by atoms with Crippen molar-refractivity contribution in [2.75, 3.05) is 26.8 Å². The molecule has 0 saturated heterocycles. The number of nitrogens with zero attached hydrogens (tertiary/aromatic N) is 4. The highest BCUT2D eigenvalue weighted by Gasteiger charge is 2.33. The van der Waals surface area contributed by atoms with Crippen LogP contribution < -0.4 is 9.47 Å². The van der Waals surface area contributed by atoms with Crippen molar-refractivity contribution < 1.29 is 27.4 Å². The summed E-state index contributed by atoms with van der Waals surface area (Å²) in [5, 5.41) is 7.61. The lowest BCUT2D eigenvalue weighted by Crippen LogP contribution is -2.36. The van der Waals surface area contributed by atoms with E-state index in [4.69, 9.17) is 9.47 Å². The van der Waals surface area contributed by atoms with Crippen molar-refractivity contribution in [3.05, 3.63) is 29.6 Å². The average molecular weight is 356 g/mol. The van der Waals surface area contributed by atoms with E-state index in [-0.39, 0.29) is 5.69 Å². The van der Waals surface area contributed by atoms with E-state index in [0.717, 1.165) is 7.05 Å². The zero-order valence-electron chi connectivity index (χ0n) is 13.5. The summed E-state index contributed by atoms with van der Waals surface area (Å²) < 4.78 is 49.6. The first-order valence-electron chi connectivity index (χ1n) is 7.41. The summed E-state index contributed by atoms with van der Waals surface area (Å²) in [7, 11) is 1.07. The van der Waals surface area contributed by atoms with Gasteiger partial charge in [-0.05, 0) is 19.1 Å². The second kappa shape index (κ2) is 6.26. The SMILES string of the molecule is Cc1c(C(=O)N(C)CC(F)(F)F)nnn1-c1ccc2c(c1)OCCO2. The number of benzene rings is 1. The van der Waals surface area contributed by atoms with Gasteiger partial charge in [0.2, 0.25) is 0 Å². The lowest BCUT2D eigenvalue weighted by Gasteiger charge is -2.19. The minimum absolute atomic E-state index is 0.137. The molecule has 0 bridgehead atoms. The van der Waals surface area contributed by atoms with Gasteiger partial charge in [-0.3, -0.25) is 4.79 Å². The molecule has 7 nitrogen and oxygen atoms in total. The molecule has 0 fully saturated rings. The van der Waals surface area contributed by atoms with Crippen LogP contribution in [-0.2, 0) is 0 Å². The lowest BCUT2D eigenvalue weighted by molar-refractivity contribution is -0.138. The Morgan fingerprint density at radius 1 is 1.28 bits per heavy atom. The molecule has 0 saturated carbocycles. The highest BCUT2D eigenvalue weighted by atomic mass is 19.4. The van der Waals surface area contributed by atoms with Crippen LogP contribution in [0.2, 0.25) is 0 Å². The van der Waals surface area contributed by atoms with Gasteiger partial charge >= 0.3 is 6.18 Å². The Balaban J connectivity index is 1.87. The second-order valence-electron chi connectivity index (χ2n) is 5.54. The molecule has 2 aromatic rings. The number of hydrogen-bond donors (Lipinski definition) is 0. The first-order chi connectivity index (χ1) is 11.8. The van der Waals surface area contributed by atoms with Gasteiger partial charge < -0.3 is 14.4 Å². The molecule has 1 aliphatic rings. The Morgan fingerprint density at radius 3 is 2.64 bits per heavy atom. The van der Waals surface area contributed by atoms with E-state index in [1.807, 2.05) is 0 Å². The fourth-order valence-electron chi connectivity index (χ4n) is 2.46. The molecule has 1 amide bonds. The van der Waals surface area contributed by atoms with Gasteiger partial charge in [-0.2, -0.15) is 13.2 Å². The molecule has 2 heterocycles. The van der Waals surface area contributed by atoms with Crippen LogP contribution in [0.25, 0.3) is 5.69 Å². The van der Waals surface area contributed by atoms with Gasteiger partial charge in [-0.25, -0.2) is 4.68 Å². The van der Waals surface area contributed by atoms with Gasteiger partial charge in [-0.1, -0.05) is 5.21 Å². The number of halogens is 3. The van der Waals surface area contributed by atoms with Crippen molar-refractivity contribution in [1.29, 1.82) is 0 Å². The molecule has 134 valence electrons. The number of carbonyl (C=O) groups excluding carboxylic acids is 1. The van der Waals surface area contributed by atoms with Crippen LogP contribution in [-0.4, -0.2) is 58.8 Å². The molecule has 3 rings (SSSR count). The number of ether oxygens (including phenoxy) is 2. The van der Waals surface area contributed by atoms with E-state index < -0.39 is 18.6 Å². The average Bonchev–Trinajstić information content (AvgIpc) is 2.93. The lowest BCUT2D eigenvalue weighted by atomic mass is 10.2. The van der Waals surface area contributed by atoms with Crippen molar-refractivity contribution in [1.82, 2.24) is 19.9 Å². The Kier molecular flexibility index (Phi) is 4.27. The van der Waals surface area contributed by atoms with Gasteiger partial charge in [0.05, 0.1) is 11.4 Å². The van der Waals surface area contributed by atoms with Crippen LogP contribution in [0, 0.1) is 6.92 Å². The first kappa shape index (κ1) is 17.1. The Labute approximate surface area is 140 Å². The zero-order valence-corrected chi connectivity index (χ0v) is 13.5. The van der Waals surface area contributed by atoms with Crippen LogP contribution in [0.4, 0.5) is 13.2 Å². The van der Waals surface area contributed by atoms with Crippen molar-refractivity contribution >= 4 is 5.91 Å². The molecule has 0 radical (unpaired) electrons. The normalized spacial score (nSPS) is 13.6. The van der Waals surface area contributed by atoms with Crippen molar-refractivity contribution in [3.63, 3.8) is 0 Å². The van der Waals surface area contributed by atoms with Gasteiger partial charge in [0.15, 0.2) is 17.2 Å². The topological polar surface area (TPSA) is 69.5 Å². The van der Waals surface area contributed by atoms with Gasteiger partial charge in [0.25, 0.3) is 5.91 Å². The Bertz CT molecular complexity index is 804. The molecule has 1 aromatic carbocycles. The number of hydrogen-bond acceptors (Lipinski definition) is 5. The third-order valence-electron chi connectivity index (χ3n) is 3.63. The molecule has 1 aliphatic heterocycles. The summed E-state index contributed by atoms with van der Waals surface area (Å²) >= 11 is 0. The molecule has 25 heavy (non-hydrogen) atoms. The van der Waals surface area contributed by atoms with Crippen LogP contribution in [0.5, 0.6) is 11.5 Å². The predicted octanol–water partition coefficient (Wildman–Crippen LogP) is 1.98. The largest absolute Gasteiger partial charge is 0.486 e. The third kappa shape index (κ3) is 3.52. The van der Waals surface area contributed by atoms with E-state index >= 15 is 0 Å². The molecule has 1 aromatic heterocycles. The molecule has 0 unspecified atom stereocenters. The molecule has 0 aliphatic carbocycles. The highest BCUT2D eigenvalue weighted by Crippen LogP contribution is 2.32. The summed E-state index contributed by atoms with van der Waals surface area (Å²) in [4.78, 5) is 12.7. The summed E-state index contributed by atoms with van der Waals surface area (Å²) in [5.41, 5.74) is 0.754. The number of carbonyl (C=O) groups is 1. The number of fused-ring (bicyclic) bond motifs is 1. The van der Waals surface area contributed by atoms with Gasteiger partial charge in [-0.15, -0.1) is 5.10 Å². The van der Waals surface area contributed by atoms with Gasteiger partial charge in [0, 0.05) is 13.1 Å². The van der Waals surface area contributed by atoms with E-state index in [0.29, 0.717) is 41.0 Å². The quantitative estimate of drug-likeness (QED) is 0.841. The number of amides is 1. The molecule has 0 spiro atoms. The summed E-state index contributed by atoms with van der Waals surface area (Å²) in [6.07, 6.45) is -4.48. The molecule has 0 atom stereocenters. The minimum Gasteiger partial charge on any atom is -0.486 e. The smallest absolute Gasteiger partial charge is 0.406 e. The summed E-state index contributed by atoms with van der Waals surface area (Å²) in [6, 6.07) is 5.06. The maximum Gasteiger partial charge on any atom is 0.406 e.